The van der Waals surface area contributed by atoms with Gasteiger partial charge in [-0.1, -0.05) is 12.1 Å². The first-order valence-corrected chi connectivity index (χ1v) is 5.68. The van der Waals surface area contributed by atoms with Gasteiger partial charge in [-0.3, -0.25) is 4.79 Å². The summed E-state index contributed by atoms with van der Waals surface area (Å²) in [6.07, 6.45) is 0.682. The van der Waals surface area contributed by atoms with Gasteiger partial charge in [-0.05, 0) is 35.9 Å². The Bertz CT molecular complexity index is 716. The highest BCUT2D eigenvalue weighted by Crippen LogP contribution is 2.28. The van der Waals surface area contributed by atoms with E-state index in [4.69, 9.17) is 4.42 Å². The number of benzene rings is 1. The van der Waals surface area contributed by atoms with Gasteiger partial charge in [0, 0.05) is 11.1 Å². The number of furan rings is 1. The van der Waals surface area contributed by atoms with E-state index in [1.807, 2.05) is 25.1 Å². The normalized spacial score (nSPS) is 10.6. The molecule has 94 valence electrons. The largest absolute Gasteiger partial charge is 0.453 e. The fourth-order valence-corrected chi connectivity index (χ4v) is 1.87. The zero-order chi connectivity index (χ0) is 13.2. The van der Waals surface area contributed by atoms with Crippen molar-refractivity contribution in [2.24, 2.45) is 0 Å². The van der Waals surface area contributed by atoms with Crippen molar-refractivity contribution >= 4 is 6.29 Å². The number of carbonyl (C=O) groups excluding carboxylic acids is 1. The smallest absolute Gasteiger partial charge is 0.204 e. The Morgan fingerprint density at radius 1 is 1.26 bits per heavy atom. The molecule has 0 aliphatic carbocycles. The molecule has 0 bridgehead atoms. The summed E-state index contributed by atoms with van der Waals surface area (Å²) in [6, 6.07) is 9.18. The van der Waals surface area contributed by atoms with Crippen LogP contribution in [0.25, 0.3) is 22.7 Å². The van der Waals surface area contributed by atoms with Crippen LogP contribution in [0.15, 0.2) is 34.7 Å². The molecule has 0 saturated heterocycles. The van der Waals surface area contributed by atoms with Crippen molar-refractivity contribution < 1.29 is 9.21 Å². The number of aromatic nitrogens is 4. The Morgan fingerprint density at radius 2 is 2.16 bits per heavy atom. The van der Waals surface area contributed by atoms with Gasteiger partial charge < -0.3 is 4.42 Å². The molecule has 1 N–H and O–H groups in total. The number of aryl methyl sites for hydroxylation is 1. The molecule has 0 aliphatic heterocycles. The standard InChI is InChI=1S/C13H10N4O2/c1-8-2-3-9(13-14-16-17-15-13)6-11(8)12-5-4-10(7-18)19-12/h2-7H,1H3,(H,14,15,16,17). The van der Waals surface area contributed by atoms with Gasteiger partial charge in [0.15, 0.2) is 12.0 Å². The van der Waals surface area contributed by atoms with Crippen molar-refractivity contribution in [2.75, 3.05) is 0 Å². The van der Waals surface area contributed by atoms with E-state index in [9.17, 15) is 4.79 Å². The van der Waals surface area contributed by atoms with E-state index in [1.54, 1.807) is 12.1 Å². The first kappa shape index (κ1) is 11.3. The van der Waals surface area contributed by atoms with Gasteiger partial charge in [0.1, 0.15) is 5.76 Å². The third-order valence-electron chi connectivity index (χ3n) is 2.85. The Morgan fingerprint density at radius 3 is 2.84 bits per heavy atom. The van der Waals surface area contributed by atoms with E-state index in [0.717, 1.165) is 16.7 Å². The van der Waals surface area contributed by atoms with E-state index in [-0.39, 0.29) is 0 Å². The number of rotatable bonds is 3. The molecule has 3 rings (SSSR count). The fraction of sp³-hybridized carbons (Fsp3) is 0.0769. The van der Waals surface area contributed by atoms with Crippen molar-refractivity contribution in [3.8, 4) is 22.7 Å². The maximum absolute atomic E-state index is 10.7. The maximum atomic E-state index is 10.7. The summed E-state index contributed by atoms with van der Waals surface area (Å²) in [5.74, 6) is 1.47. The average molecular weight is 254 g/mol. The molecule has 0 spiro atoms. The van der Waals surface area contributed by atoms with Crippen LogP contribution in [0.4, 0.5) is 0 Å². The molecule has 6 heteroatoms. The van der Waals surface area contributed by atoms with Gasteiger partial charge in [0.05, 0.1) is 0 Å². The lowest BCUT2D eigenvalue weighted by atomic mass is 10.0. The number of H-pyrrole nitrogens is 1. The van der Waals surface area contributed by atoms with Crippen LogP contribution in [0.5, 0.6) is 0 Å². The number of aldehydes is 1. The molecule has 1 aromatic carbocycles. The molecule has 6 nitrogen and oxygen atoms in total. The molecule has 2 heterocycles. The van der Waals surface area contributed by atoms with Gasteiger partial charge in [-0.2, -0.15) is 5.21 Å². The molecule has 19 heavy (non-hydrogen) atoms. The van der Waals surface area contributed by atoms with Crippen molar-refractivity contribution in [1.82, 2.24) is 20.6 Å². The highest BCUT2D eigenvalue weighted by atomic mass is 16.3. The van der Waals surface area contributed by atoms with Crippen LogP contribution in [0, 0.1) is 6.92 Å². The summed E-state index contributed by atoms with van der Waals surface area (Å²) >= 11 is 0. The van der Waals surface area contributed by atoms with E-state index in [1.165, 1.54) is 0 Å². The quantitative estimate of drug-likeness (QED) is 0.724. The van der Waals surface area contributed by atoms with Crippen LogP contribution in [-0.2, 0) is 0 Å². The lowest BCUT2D eigenvalue weighted by Crippen LogP contribution is -1.86. The van der Waals surface area contributed by atoms with Gasteiger partial charge in [0.25, 0.3) is 0 Å². The molecular formula is C13H10N4O2. The fourth-order valence-electron chi connectivity index (χ4n) is 1.87. The minimum atomic E-state index is 0.305. The predicted octanol–water partition coefficient (Wildman–Crippen LogP) is 2.25. The second-order valence-corrected chi connectivity index (χ2v) is 4.08. The number of tetrazole rings is 1. The molecule has 0 radical (unpaired) electrons. The molecule has 0 unspecified atom stereocenters. The summed E-state index contributed by atoms with van der Waals surface area (Å²) in [5, 5.41) is 13.8. The van der Waals surface area contributed by atoms with Crippen molar-refractivity contribution in [3.05, 3.63) is 41.7 Å². The van der Waals surface area contributed by atoms with Crippen LogP contribution < -0.4 is 0 Å². The number of carbonyl (C=O) groups is 1. The Labute approximate surface area is 108 Å². The summed E-state index contributed by atoms with van der Waals surface area (Å²) in [7, 11) is 0. The second kappa shape index (κ2) is 4.49. The number of nitrogens with one attached hydrogen (secondary N) is 1. The SMILES string of the molecule is Cc1ccc(-c2nn[nH]n2)cc1-c1ccc(C=O)o1. The van der Waals surface area contributed by atoms with Gasteiger partial charge in [-0.25, -0.2) is 0 Å². The lowest BCUT2D eigenvalue weighted by Gasteiger charge is -2.04. The summed E-state index contributed by atoms with van der Waals surface area (Å²) in [5.41, 5.74) is 2.77. The highest BCUT2D eigenvalue weighted by Gasteiger charge is 2.10. The molecule has 2 aromatic heterocycles. The van der Waals surface area contributed by atoms with Crippen LogP contribution >= 0.6 is 0 Å². The topological polar surface area (TPSA) is 84.7 Å². The van der Waals surface area contributed by atoms with E-state index >= 15 is 0 Å². The molecule has 0 amide bonds. The summed E-state index contributed by atoms with van der Waals surface area (Å²) in [4.78, 5) is 10.7. The zero-order valence-electron chi connectivity index (χ0n) is 10.1. The van der Waals surface area contributed by atoms with E-state index in [2.05, 4.69) is 20.6 Å². The molecular weight excluding hydrogens is 244 g/mol. The van der Waals surface area contributed by atoms with Gasteiger partial charge >= 0.3 is 0 Å². The van der Waals surface area contributed by atoms with Crippen molar-refractivity contribution in [1.29, 1.82) is 0 Å². The molecule has 0 atom stereocenters. The van der Waals surface area contributed by atoms with E-state index in [0.29, 0.717) is 23.6 Å². The Balaban J connectivity index is 2.10. The first-order valence-electron chi connectivity index (χ1n) is 5.68. The number of hydrogen-bond donors (Lipinski definition) is 1. The van der Waals surface area contributed by atoms with Gasteiger partial charge in [0.2, 0.25) is 5.82 Å². The second-order valence-electron chi connectivity index (χ2n) is 4.08. The highest BCUT2D eigenvalue weighted by molar-refractivity contribution is 5.75. The number of nitrogens with zero attached hydrogens (tertiary/aromatic N) is 3. The lowest BCUT2D eigenvalue weighted by molar-refractivity contribution is 0.110. The molecule has 0 aliphatic rings. The minimum absolute atomic E-state index is 0.305. The maximum Gasteiger partial charge on any atom is 0.204 e. The third-order valence-corrected chi connectivity index (χ3v) is 2.85. The van der Waals surface area contributed by atoms with Crippen LogP contribution in [0.2, 0.25) is 0 Å². The average Bonchev–Trinajstić information content (AvgIpc) is 3.10. The van der Waals surface area contributed by atoms with E-state index < -0.39 is 0 Å². The first-order chi connectivity index (χ1) is 9.28. The summed E-state index contributed by atoms with van der Waals surface area (Å²) < 4.78 is 5.44. The van der Waals surface area contributed by atoms with Gasteiger partial charge in [-0.15, -0.1) is 10.2 Å². The van der Waals surface area contributed by atoms with Crippen LogP contribution in [0.3, 0.4) is 0 Å². The number of hydrogen-bond acceptors (Lipinski definition) is 5. The van der Waals surface area contributed by atoms with Crippen molar-refractivity contribution in [3.63, 3.8) is 0 Å². The Hall–Kier alpha value is -2.76. The van der Waals surface area contributed by atoms with Crippen LogP contribution in [0.1, 0.15) is 16.1 Å². The molecule has 0 fully saturated rings. The third kappa shape index (κ3) is 2.03. The minimum Gasteiger partial charge on any atom is -0.453 e. The Kier molecular flexibility index (Phi) is 2.68. The number of aromatic amines is 1. The molecule has 0 saturated carbocycles. The van der Waals surface area contributed by atoms with Crippen LogP contribution in [-0.4, -0.2) is 26.9 Å². The zero-order valence-corrected chi connectivity index (χ0v) is 10.1. The monoisotopic (exact) mass is 254 g/mol. The van der Waals surface area contributed by atoms with Crippen molar-refractivity contribution in [2.45, 2.75) is 6.92 Å². The summed E-state index contributed by atoms with van der Waals surface area (Å²) in [6.45, 7) is 1.97. The predicted molar refractivity (Wildman–Crippen MR) is 67.4 cm³/mol. The molecule has 3 aromatic rings.